The summed E-state index contributed by atoms with van der Waals surface area (Å²) in [5.74, 6) is 0. The highest BCUT2D eigenvalue weighted by atomic mass is 15.2. The van der Waals surface area contributed by atoms with Crippen LogP contribution in [0.4, 0.5) is 5.69 Å². The van der Waals surface area contributed by atoms with Gasteiger partial charge in [-0.15, -0.1) is 0 Å². The Labute approximate surface area is 124 Å². The summed E-state index contributed by atoms with van der Waals surface area (Å²) < 4.78 is 0. The number of nitrogens with one attached hydrogen (secondary N) is 2. The lowest BCUT2D eigenvalue weighted by Crippen LogP contribution is -2.46. The first-order chi connectivity index (χ1) is 10.4. The van der Waals surface area contributed by atoms with Gasteiger partial charge in [-0.25, -0.2) is 0 Å². The molecule has 0 radical (unpaired) electrons. The van der Waals surface area contributed by atoms with Gasteiger partial charge in [0, 0.05) is 48.0 Å². The molecule has 0 spiro atoms. The lowest BCUT2D eigenvalue weighted by Gasteiger charge is -2.38. The number of H-pyrrole nitrogens is 1. The number of aromatic amines is 1. The summed E-state index contributed by atoms with van der Waals surface area (Å²) in [7, 11) is 0. The third-order valence-electron chi connectivity index (χ3n) is 4.31. The van der Waals surface area contributed by atoms with Crippen LogP contribution in [0.1, 0.15) is 11.6 Å². The molecule has 1 atom stereocenters. The summed E-state index contributed by atoms with van der Waals surface area (Å²) in [5, 5.41) is 4.86. The normalized spacial score (nSPS) is 19.0. The molecule has 0 amide bonds. The number of fused-ring (bicyclic) bond motifs is 1. The SMILES string of the molecule is c1ccc(N2CCNC[C@@H]2c2c[nH]c3ccccc23)cc1. The number of benzene rings is 2. The minimum absolute atomic E-state index is 0.372. The van der Waals surface area contributed by atoms with Gasteiger partial charge in [-0.05, 0) is 18.2 Å². The van der Waals surface area contributed by atoms with Crippen LogP contribution in [0.2, 0.25) is 0 Å². The van der Waals surface area contributed by atoms with E-state index in [1.54, 1.807) is 0 Å². The van der Waals surface area contributed by atoms with Crippen molar-refractivity contribution in [1.29, 1.82) is 0 Å². The van der Waals surface area contributed by atoms with Gasteiger partial charge in [-0.2, -0.15) is 0 Å². The number of hydrogen-bond donors (Lipinski definition) is 2. The number of anilines is 1. The van der Waals surface area contributed by atoms with Crippen molar-refractivity contribution >= 4 is 16.6 Å². The molecule has 0 aliphatic carbocycles. The van der Waals surface area contributed by atoms with Crippen molar-refractivity contribution in [3.63, 3.8) is 0 Å². The Balaban J connectivity index is 1.78. The van der Waals surface area contributed by atoms with Crippen LogP contribution < -0.4 is 10.2 Å². The smallest absolute Gasteiger partial charge is 0.0688 e. The molecule has 1 fully saturated rings. The van der Waals surface area contributed by atoms with E-state index in [0.717, 1.165) is 19.6 Å². The first-order valence-electron chi connectivity index (χ1n) is 7.52. The van der Waals surface area contributed by atoms with E-state index in [4.69, 9.17) is 0 Å². The summed E-state index contributed by atoms with van der Waals surface area (Å²) in [6, 6.07) is 19.6. The maximum absolute atomic E-state index is 3.53. The van der Waals surface area contributed by atoms with Crippen molar-refractivity contribution in [1.82, 2.24) is 10.3 Å². The summed E-state index contributed by atoms with van der Waals surface area (Å²) in [5.41, 5.74) is 3.89. The van der Waals surface area contributed by atoms with Crippen molar-refractivity contribution in [2.45, 2.75) is 6.04 Å². The van der Waals surface area contributed by atoms with Crippen molar-refractivity contribution in [3.05, 3.63) is 66.4 Å². The van der Waals surface area contributed by atoms with Gasteiger partial charge >= 0.3 is 0 Å². The lowest BCUT2D eigenvalue weighted by atomic mass is 10.0. The molecule has 4 rings (SSSR count). The Bertz CT molecular complexity index is 732. The van der Waals surface area contributed by atoms with Gasteiger partial charge in [0.25, 0.3) is 0 Å². The summed E-state index contributed by atoms with van der Waals surface area (Å²) in [6.07, 6.45) is 2.16. The van der Waals surface area contributed by atoms with E-state index in [1.165, 1.54) is 22.2 Å². The van der Waals surface area contributed by atoms with Gasteiger partial charge in [0.15, 0.2) is 0 Å². The lowest BCUT2D eigenvalue weighted by molar-refractivity contribution is 0.492. The average molecular weight is 277 g/mol. The van der Waals surface area contributed by atoms with Crippen LogP contribution in [0.25, 0.3) is 10.9 Å². The molecule has 0 saturated carbocycles. The molecule has 3 aromatic rings. The Morgan fingerprint density at radius 2 is 1.76 bits per heavy atom. The van der Waals surface area contributed by atoms with E-state index >= 15 is 0 Å². The highest BCUT2D eigenvalue weighted by Crippen LogP contribution is 2.32. The number of rotatable bonds is 2. The number of piperazine rings is 1. The van der Waals surface area contributed by atoms with E-state index in [0.29, 0.717) is 6.04 Å². The van der Waals surface area contributed by atoms with Crippen molar-refractivity contribution in [2.24, 2.45) is 0 Å². The summed E-state index contributed by atoms with van der Waals surface area (Å²) in [4.78, 5) is 5.91. The molecule has 106 valence electrons. The highest BCUT2D eigenvalue weighted by Gasteiger charge is 2.25. The first kappa shape index (κ1) is 12.5. The predicted molar refractivity (Wildman–Crippen MR) is 87.7 cm³/mol. The minimum Gasteiger partial charge on any atom is -0.362 e. The fourth-order valence-electron chi connectivity index (χ4n) is 3.28. The van der Waals surface area contributed by atoms with Gasteiger partial charge in [-0.3, -0.25) is 0 Å². The van der Waals surface area contributed by atoms with Crippen LogP contribution in [-0.2, 0) is 0 Å². The quantitative estimate of drug-likeness (QED) is 0.753. The fourth-order valence-corrected chi connectivity index (χ4v) is 3.28. The van der Waals surface area contributed by atoms with Crippen LogP contribution in [0.15, 0.2) is 60.8 Å². The molecule has 0 bridgehead atoms. The zero-order chi connectivity index (χ0) is 14.1. The van der Waals surface area contributed by atoms with Gasteiger partial charge < -0.3 is 15.2 Å². The molecular formula is C18H19N3. The second-order valence-corrected chi connectivity index (χ2v) is 5.54. The molecular weight excluding hydrogens is 258 g/mol. The van der Waals surface area contributed by atoms with E-state index < -0.39 is 0 Å². The monoisotopic (exact) mass is 277 g/mol. The molecule has 0 unspecified atom stereocenters. The van der Waals surface area contributed by atoms with Crippen LogP contribution in [0, 0.1) is 0 Å². The van der Waals surface area contributed by atoms with E-state index in [2.05, 4.69) is 76.0 Å². The number of para-hydroxylation sites is 2. The zero-order valence-electron chi connectivity index (χ0n) is 11.9. The third kappa shape index (κ3) is 2.20. The zero-order valence-corrected chi connectivity index (χ0v) is 11.9. The minimum atomic E-state index is 0.372. The Morgan fingerprint density at radius 1 is 0.952 bits per heavy atom. The standard InChI is InChI=1S/C18H19N3/c1-2-6-14(7-3-1)21-11-10-19-13-18(21)16-12-20-17-9-5-4-8-15(16)17/h1-9,12,18-20H,10-11,13H2/t18-/m1/s1. The third-order valence-corrected chi connectivity index (χ3v) is 4.31. The van der Waals surface area contributed by atoms with Crippen LogP contribution in [0.3, 0.4) is 0 Å². The molecule has 3 heteroatoms. The number of aromatic nitrogens is 1. The molecule has 1 aliphatic heterocycles. The molecule has 21 heavy (non-hydrogen) atoms. The van der Waals surface area contributed by atoms with Gasteiger partial charge in [-0.1, -0.05) is 36.4 Å². The van der Waals surface area contributed by atoms with Crippen LogP contribution in [-0.4, -0.2) is 24.6 Å². The molecule has 3 nitrogen and oxygen atoms in total. The number of hydrogen-bond acceptors (Lipinski definition) is 2. The molecule has 1 saturated heterocycles. The molecule has 2 aromatic carbocycles. The van der Waals surface area contributed by atoms with Crippen LogP contribution >= 0.6 is 0 Å². The summed E-state index contributed by atoms with van der Waals surface area (Å²) in [6.45, 7) is 3.05. The molecule has 1 aliphatic rings. The molecule has 2 N–H and O–H groups in total. The van der Waals surface area contributed by atoms with E-state index in [9.17, 15) is 0 Å². The number of nitrogens with zero attached hydrogens (tertiary/aromatic N) is 1. The van der Waals surface area contributed by atoms with Crippen molar-refractivity contribution < 1.29 is 0 Å². The first-order valence-corrected chi connectivity index (χ1v) is 7.52. The average Bonchev–Trinajstić information content (AvgIpc) is 3.00. The predicted octanol–water partition coefficient (Wildman–Crippen LogP) is 3.32. The second-order valence-electron chi connectivity index (χ2n) is 5.54. The van der Waals surface area contributed by atoms with Gasteiger partial charge in [0.2, 0.25) is 0 Å². The summed E-state index contributed by atoms with van der Waals surface area (Å²) >= 11 is 0. The maximum Gasteiger partial charge on any atom is 0.0688 e. The van der Waals surface area contributed by atoms with E-state index in [-0.39, 0.29) is 0 Å². The second kappa shape index (κ2) is 5.26. The Morgan fingerprint density at radius 3 is 2.67 bits per heavy atom. The Hall–Kier alpha value is -2.26. The van der Waals surface area contributed by atoms with Crippen molar-refractivity contribution in [3.8, 4) is 0 Å². The Kier molecular flexibility index (Phi) is 3.13. The molecule has 1 aromatic heterocycles. The van der Waals surface area contributed by atoms with Crippen LogP contribution in [0.5, 0.6) is 0 Å². The topological polar surface area (TPSA) is 31.1 Å². The maximum atomic E-state index is 3.53. The fraction of sp³-hybridized carbons (Fsp3) is 0.222. The van der Waals surface area contributed by atoms with E-state index in [1.807, 2.05) is 0 Å². The van der Waals surface area contributed by atoms with Crippen molar-refractivity contribution in [2.75, 3.05) is 24.5 Å². The molecule has 2 heterocycles. The largest absolute Gasteiger partial charge is 0.362 e. The van der Waals surface area contributed by atoms with Gasteiger partial charge in [0.05, 0.1) is 6.04 Å². The van der Waals surface area contributed by atoms with Gasteiger partial charge in [0.1, 0.15) is 0 Å². The highest BCUT2D eigenvalue weighted by molar-refractivity contribution is 5.84.